The van der Waals surface area contributed by atoms with Crippen molar-refractivity contribution in [3.05, 3.63) is 41.3 Å². The number of hydrogen-bond donors (Lipinski definition) is 0. The van der Waals surface area contributed by atoms with Crippen LogP contribution in [0.25, 0.3) is 11.3 Å². The zero-order chi connectivity index (χ0) is 9.10. The standard InChI is InChI=1S/C11H10NS/c1-2-9-3-5-10(6-4-9)11-7-8-13-12-11/h3-6,8H,2H2,1H3. The van der Waals surface area contributed by atoms with Gasteiger partial charge in [0.2, 0.25) is 0 Å². The van der Waals surface area contributed by atoms with E-state index < -0.39 is 0 Å². The van der Waals surface area contributed by atoms with Crippen LogP contribution < -0.4 is 0 Å². The Morgan fingerprint density at radius 1 is 1.31 bits per heavy atom. The summed E-state index contributed by atoms with van der Waals surface area (Å²) in [5, 5.41) is 1.88. The maximum Gasteiger partial charge on any atom is 0.0920 e. The Kier molecular flexibility index (Phi) is 2.41. The molecule has 2 heteroatoms. The van der Waals surface area contributed by atoms with Gasteiger partial charge in [-0.3, -0.25) is 0 Å². The molecule has 65 valence electrons. The maximum absolute atomic E-state index is 4.23. The van der Waals surface area contributed by atoms with Gasteiger partial charge < -0.3 is 0 Å². The Morgan fingerprint density at radius 3 is 2.62 bits per heavy atom. The first-order valence-corrected chi connectivity index (χ1v) is 5.15. The van der Waals surface area contributed by atoms with Crippen LogP contribution in [0.3, 0.4) is 0 Å². The summed E-state index contributed by atoms with van der Waals surface area (Å²) in [5.74, 6) is 0. The number of rotatable bonds is 2. The van der Waals surface area contributed by atoms with E-state index in [1.54, 1.807) is 0 Å². The summed E-state index contributed by atoms with van der Waals surface area (Å²) in [7, 11) is 0. The van der Waals surface area contributed by atoms with Crippen LogP contribution >= 0.6 is 11.5 Å². The minimum Gasteiger partial charge on any atom is -0.192 e. The van der Waals surface area contributed by atoms with Gasteiger partial charge in [-0.1, -0.05) is 31.2 Å². The molecule has 0 aliphatic carbocycles. The summed E-state index contributed by atoms with van der Waals surface area (Å²) in [6, 6.07) is 11.6. The van der Waals surface area contributed by atoms with E-state index in [1.807, 2.05) is 5.38 Å². The molecule has 1 nitrogen and oxygen atoms in total. The Morgan fingerprint density at radius 2 is 2.08 bits per heavy atom. The van der Waals surface area contributed by atoms with Gasteiger partial charge >= 0.3 is 0 Å². The maximum atomic E-state index is 4.23. The molecule has 0 bridgehead atoms. The fourth-order valence-electron chi connectivity index (χ4n) is 1.22. The predicted octanol–water partition coefficient (Wildman–Crippen LogP) is 3.17. The molecule has 1 aromatic heterocycles. The van der Waals surface area contributed by atoms with Crippen LogP contribution in [0.15, 0.2) is 29.6 Å². The van der Waals surface area contributed by atoms with Crippen LogP contribution in [0, 0.1) is 6.07 Å². The van der Waals surface area contributed by atoms with Crippen LogP contribution in [0.1, 0.15) is 12.5 Å². The normalized spacial score (nSPS) is 10.2. The van der Waals surface area contributed by atoms with Crippen molar-refractivity contribution in [1.82, 2.24) is 4.37 Å². The van der Waals surface area contributed by atoms with Gasteiger partial charge in [-0.25, -0.2) is 0 Å². The van der Waals surface area contributed by atoms with E-state index in [0.717, 1.165) is 17.7 Å². The monoisotopic (exact) mass is 188 g/mol. The van der Waals surface area contributed by atoms with Gasteiger partial charge in [-0.15, -0.1) is 0 Å². The van der Waals surface area contributed by atoms with Crippen LogP contribution in [0.2, 0.25) is 0 Å². The average Bonchev–Trinajstić information content (AvgIpc) is 2.71. The highest BCUT2D eigenvalue weighted by Crippen LogP contribution is 2.18. The lowest BCUT2D eigenvalue weighted by molar-refractivity contribution is 1.14. The molecule has 0 saturated heterocycles. The fraction of sp³-hybridized carbons (Fsp3) is 0.182. The largest absolute Gasteiger partial charge is 0.192 e. The lowest BCUT2D eigenvalue weighted by Gasteiger charge is -1.98. The highest BCUT2D eigenvalue weighted by Gasteiger charge is 1.98. The summed E-state index contributed by atoms with van der Waals surface area (Å²) in [4.78, 5) is 0. The van der Waals surface area contributed by atoms with Crippen LogP contribution in [-0.4, -0.2) is 4.37 Å². The second-order valence-electron chi connectivity index (χ2n) is 2.86. The molecule has 0 aliphatic heterocycles. The zero-order valence-corrected chi connectivity index (χ0v) is 8.27. The number of hydrogen-bond acceptors (Lipinski definition) is 2. The first-order valence-electron chi connectivity index (χ1n) is 4.31. The minimum absolute atomic E-state index is 0.952. The van der Waals surface area contributed by atoms with E-state index in [0.29, 0.717) is 0 Å². The summed E-state index contributed by atoms with van der Waals surface area (Å²) in [5.41, 5.74) is 3.46. The zero-order valence-electron chi connectivity index (χ0n) is 7.45. The Balaban J connectivity index is 2.33. The molecule has 2 rings (SSSR count). The van der Waals surface area contributed by atoms with E-state index >= 15 is 0 Å². The van der Waals surface area contributed by atoms with Gasteiger partial charge in [-0.05, 0) is 23.5 Å². The Hall–Kier alpha value is -1.15. The predicted molar refractivity (Wildman–Crippen MR) is 55.8 cm³/mol. The van der Waals surface area contributed by atoms with E-state index in [9.17, 15) is 0 Å². The summed E-state index contributed by atoms with van der Waals surface area (Å²) in [6.45, 7) is 2.16. The quantitative estimate of drug-likeness (QED) is 0.705. The molecule has 0 aliphatic rings. The summed E-state index contributed by atoms with van der Waals surface area (Å²) in [6.07, 6.45) is 1.08. The van der Waals surface area contributed by atoms with Gasteiger partial charge in [0, 0.05) is 17.0 Å². The molecular formula is C11H10NS. The van der Waals surface area contributed by atoms with E-state index in [4.69, 9.17) is 0 Å². The number of aryl methyl sites for hydroxylation is 1. The highest BCUT2D eigenvalue weighted by atomic mass is 32.1. The van der Waals surface area contributed by atoms with Crippen LogP contribution in [0.4, 0.5) is 0 Å². The average molecular weight is 188 g/mol. The highest BCUT2D eigenvalue weighted by molar-refractivity contribution is 7.03. The van der Waals surface area contributed by atoms with E-state index in [1.165, 1.54) is 17.1 Å². The second-order valence-corrected chi connectivity index (χ2v) is 3.49. The third kappa shape index (κ3) is 1.78. The Bertz CT molecular complexity index is 361. The number of benzene rings is 1. The summed E-state index contributed by atoms with van der Waals surface area (Å²) >= 11 is 1.44. The third-order valence-electron chi connectivity index (χ3n) is 2.03. The SMILES string of the molecule is CCc1ccc(-c2[c]csn2)cc1. The van der Waals surface area contributed by atoms with Crippen molar-refractivity contribution >= 4 is 11.5 Å². The smallest absolute Gasteiger partial charge is 0.0920 e. The van der Waals surface area contributed by atoms with Gasteiger partial charge in [0.15, 0.2) is 0 Å². The molecule has 1 aromatic carbocycles. The lowest BCUT2D eigenvalue weighted by atomic mass is 10.1. The van der Waals surface area contributed by atoms with Crippen molar-refractivity contribution < 1.29 is 0 Å². The van der Waals surface area contributed by atoms with Gasteiger partial charge in [0.1, 0.15) is 0 Å². The summed E-state index contributed by atoms with van der Waals surface area (Å²) < 4.78 is 4.23. The number of nitrogens with zero attached hydrogens (tertiary/aromatic N) is 1. The molecule has 0 fully saturated rings. The second kappa shape index (κ2) is 3.71. The van der Waals surface area contributed by atoms with E-state index in [-0.39, 0.29) is 0 Å². The van der Waals surface area contributed by atoms with Gasteiger partial charge in [-0.2, -0.15) is 4.37 Å². The van der Waals surface area contributed by atoms with Crippen molar-refractivity contribution in [1.29, 1.82) is 0 Å². The third-order valence-corrected chi connectivity index (χ3v) is 2.54. The van der Waals surface area contributed by atoms with Crippen LogP contribution in [-0.2, 0) is 6.42 Å². The molecule has 13 heavy (non-hydrogen) atoms. The first-order chi connectivity index (χ1) is 6.40. The molecule has 0 N–H and O–H groups in total. The molecule has 0 saturated carbocycles. The Labute approximate surface area is 82.2 Å². The van der Waals surface area contributed by atoms with Crippen molar-refractivity contribution in [2.75, 3.05) is 0 Å². The fourth-order valence-corrected chi connectivity index (χ4v) is 1.70. The minimum atomic E-state index is 0.952. The van der Waals surface area contributed by atoms with Crippen molar-refractivity contribution in [2.24, 2.45) is 0 Å². The molecule has 0 unspecified atom stereocenters. The molecule has 0 amide bonds. The molecular weight excluding hydrogens is 178 g/mol. The lowest BCUT2D eigenvalue weighted by Crippen LogP contribution is -1.80. The van der Waals surface area contributed by atoms with Crippen molar-refractivity contribution in [2.45, 2.75) is 13.3 Å². The van der Waals surface area contributed by atoms with E-state index in [2.05, 4.69) is 41.6 Å². The molecule has 2 aromatic rings. The van der Waals surface area contributed by atoms with Gasteiger partial charge in [0.25, 0.3) is 0 Å². The topological polar surface area (TPSA) is 12.9 Å². The van der Waals surface area contributed by atoms with Crippen molar-refractivity contribution in [3.63, 3.8) is 0 Å². The molecule has 0 spiro atoms. The molecule has 0 atom stereocenters. The molecule has 1 heterocycles. The molecule has 1 radical (unpaired) electrons. The first kappa shape index (κ1) is 8.45. The van der Waals surface area contributed by atoms with Gasteiger partial charge in [0.05, 0.1) is 5.69 Å². The van der Waals surface area contributed by atoms with Crippen molar-refractivity contribution in [3.8, 4) is 11.3 Å². The van der Waals surface area contributed by atoms with Crippen LogP contribution in [0.5, 0.6) is 0 Å². The number of aromatic nitrogens is 1.